The molecule has 0 radical (unpaired) electrons. The lowest BCUT2D eigenvalue weighted by molar-refractivity contribution is 0.0601. The van der Waals surface area contributed by atoms with E-state index in [-0.39, 0.29) is 5.43 Å². The van der Waals surface area contributed by atoms with Gasteiger partial charge in [-0.25, -0.2) is 4.79 Å². The standard InChI is InChI=1S/C21H19NO5/c1-25-21(24)16-5-3-2-4-15(16)14-6-7-19-17(12-14)18(23)13-20(27-19)22-8-10-26-11-9-22/h2-7,12-13H,8-11H2,1H3. The molecule has 0 spiro atoms. The number of fused-ring (bicyclic) bond motifs is 1. The number of ether oxygens (including phenoxy) is 2. The third-order valence-electron chi connectivity index (χ3n) is 4.68. The Morgan fingerprint density at radius 3 is 2.63 bits per heavy atom. The van der Waals surface area contributed by atoms with E-state index in [0.717, 1.165) is 5.56 Å². The Labute approximate surface area is 155 Å². The maximum atomic E-state index is 12.7. The van der Waals surface area contributed by atoms with Crippen molar-refractivity contribution in [3.63, 3.8) is 0 Å². The van der Waals surface area contributed by atoms with Crippen LogP contribution in [-0.2, 0) is 9.47 Å². The van der Waals surface area contributed by atoms with Gasteiger partial charge in [-0.1, -0.05) is 24.3 Å². The molecule has 1 fully saturated rings. The van der Waals surface area contributed by atoms with Crippen LogP contribution in [0.25, 0.3) is 22.1 Å². The van der Waals surface area contributed by atoms with Crippen molar-refractivity contribution >= 4 is 22.8 Å². The van der Waals surface area contributed by atoms with Gasteiger partial charge in [0.05, 0.1) is 31.3 Å². The predicted molar refractivity (Wildman–Crippen MR) is 102 cm³/mol. The smallest absolute Gasteiger partial charge is 0.338 e. The fourth-order valence-corrected chi connectivity index (χ4v) is 3.27. The third kappa shape index (κ3) is 3.31. The number of carbonyl (C=O) groups excluding carboxylic acids is 1. The van der Waals surface area contributed by atoms with Gasteiger partial charge in [-0.15, -0.1) is 0 Å². The number of carbonyl (C=O) groups is 1. The molecule has 27 heavy (non-hydrogen) atoms. The van der Waals surface area contributed by atoms with Crippen LogP contribution in [-0.4, -0.2) is 39.4 Å². The van der Waals surface area contributed by atoms with E-state index in [2.05, 4.69) is 0 Å². The zero-order chi connectivity index (χ0) is 18.8. The molecule has 0 N–H and O–H groups in total. The Morgan fingerprint density at radius 2 is 1.85 bits per heavy atom. The van der Waals surface area contributed by atoms with Gasteiger partial charge < -0.3 is 18.8 Å². The van der Waals surface area contributed by atoms with Gasteiger partial charge in [0.25, 0.3) is 0 Å². The van der Waals surface area contributed by atoms with Gasteiger partial charge in [-0.2, -0.15) is 0 Å². The van der Waals surface area contributed by atoms with Crippen LogP contribution >= 0.6 is 0 Å². The van der Waals surface area contributed by atoms with Crippen LogP contribution in [0.1, 0.15) is 10.4 Å². The SMILES string of the molecule is COC(=O)c1ccccc1-c1ccc2oc(N3CCOCC3)cc(=O)c2c1. The second kappa shape index (κ2) is 7.25. The highest BCUT2D eigenvalue weighted by Gasteiger charge is 2.17. The Bertz CT molecular complexity index is 1050. The van der Waals surface area contributed by atoms with Crippen LogP contribution in [0.3, 0.4) is 0 Å². The van der Waals surface area contributed by atoms with Crippen molar-refractivity contribution in [2.75, 3.05) is 38.3 Å². The summed E-state index contributed by atoms with van der Waals surface area (Å²) in [6.07, 6.45) is 0. The molecule has 0 saturated carbocycles. The van der Waals surface area contributed by atoms with Gasteiger partial charge in [-0.05, 0) is 29.3 Å². The van der Waals surface area contributed by atoms with Crippen LogP contribution in [0.4, 0.5) is 5.88 Å². The molecular formula is C21H19NO5. The first-order valence-electron chi connectivity index (χ1n) is 8.76. The van der Waals surface area contributed by atoms with Gasteiger partial charge >= 0.3 is 5.97 Å². The molecule has 0 unspecified atom stereocenters. The van der Waals surface area contributed by atoms with Crippen molar-refractivity contribution < 1.29 is 18.7 Å². The molecule has 1 saturated heterocycles. The lowest BCUT2D eigenvalue weighted by Crippen LogP contribution is -2.36. The number of methoxy groups -OCH3 is 1. The Balaban J connectivity index is 1.79. The minimum atomic E-state index is -0.416. The van der Waals surface area contributed by atoms with E-state index < -0.39 is 5.97 Å². The molecule has 4 rings (SSSR count). The molecule has 6 nitrogen and oxygen atoms in total. The summed E-state index contributed by atoms with van der Waals surface area (Å²) in [5.74, 6) is 0.138. The third-order valence-corrected chi connectivity index (χ3v) is 4.68. The monoisotopic (exact) mass is 365 g/mol. The van der Waals surface area contributed by atoms with E-state index in [9.17, 15) is 9.59 Å². The molecule has 138 valence electrons. The molecule has 0 amide bonds. The molecule has 1 aromatic heterocycles. The van der Waals surface area contributed by atoms with Gasteiger partial charge in [0.2, 0.25) is 0 Å². The number of rotatable bonds is 3. The van der Waals surface area contributed by atoms with E-state index in [0.29, 0.717) is 54.3 Å². The second-order valence-electron chi connectivity index (χ2n) is 6.30. The summed E-state index contributed by atoms with van der Waals surface area (Å²) >= 11 is 0. The highest BCUT2D eigenvalue weighted by molar-refractivity contribution is 5.98. The van der Waals surface area contributed by atoms with Crippen LogP contribution in [0.15, 0.2) is 57.7 Å². The normalized spacial score (nSPS) is 14.3. The molecule has 1 aliphatic heterocycles. The van der Waals surface area contributed by atoms with Gasteiger partial charge in [0, 0.05) is 19.2 Å². The van der Waals surface area contributed by atoms with Crippen molar-refractivity contribution in [2.45, 2.75) is 0 Å². The summed E-state index contributed by atoms with van der Waals surface area (Å²) in [4.78, 5) is 26.7. The van der Waals surface area contributed by atoms with Gasteiger partial charge in [-0.3, -0.25) is 4.79 Å². The largest absolute Gasteiger partial charge is 0.465 e. The van der Waals surface area contributed by atoms with E-state index in [1.165, 1.54) is 13.2 Å². The Kier molecular flexibility index (Phi) is 4.64. The molecule has 1 aliphatic rings. The summed E-state index contributed by atoms with van der Waals surface area (Å²) < 4.78 is 16.2. The Morgan fingerprint density at radius 1 is 1.07 bits per heavy atom. The van der Waals surface area contributed by atoms with E-state index in [1.807, 2.05) is 23.1 Å². The average molecular weight is 365 g/mol. The molecule has 0 atom stereocenters. The van der Waals surface area contributed by atoms with E-state index in [1.54, 1.807) is 24.3 Å². The molecule has 0 aliphatic carbocycles. The fourth-order valence-electron chi connectivity index (χ4n) is 3.27. The highest BCUT2D eigenvalue weighted by Crippen LogP contribution is 2.28. The van der Waals surface area contributed by atoms with E-state index >= 15 is 0 Å². The lowest BCUT2D eigenvalue weighted by Gasteiger charge is -2.27. The number of nitrogens with zero attached hydrogens (tertiary/aromatic N) is 1. The summed E-state index contributed by atoms with van der Waals surface area (Å²) in [7, 11) is 1.35. The van der Waals surface area contributed by atoms with Crippen molar-refractivity contribution in [2.24, 2.45) is 0 Å². The molecule has 0 bridgehead atoms. The summed E-state index contributed by atoms with van der Waals surface area (Å²) in [6.45, 7) is 2.62. The summed E-state index contributed by atoms with van der Waals surface area (Å²) in [5.41, 5.74) is 2.32. The number of esters is 1. The predicted octanol–water partition coefficient (Wildman–Crippen LogP) is 3.08. The number of benzene rings is 2. The van der Waals surface area contributed by atoms with Gasteiger partial charge in [0.1, 0.15) is 5.58 Å². The first-order valence-corrected chi connectivity index (χ1v) is 8.76. The van der Waals surface area contributed by atoms with Crippen LogP contribution in [0.2, 0.25) is 0 Å². The average Bonchev–Trinajstić information content (AvgIpc) is 2.73. The van der Waals surface area contributed by atoms with Crippen molar-refractivity contribution in [3.8, 4) is 11.1 Å². The number of anilines is 1. The maximum absolute atomic E-state index is 12.7. The summed E-state index contributed by atoms with van der Waals surface area (Å²) in [6, 6.07) is 14.0. The second-order valence-corrected chi connectivity index (χ2v) is 6.30. The number of hydrogen-bond acceptors (Lipinski definition) is 6. The summed E-state index contributed by atoms with van der Waals surface area (Å²) in [5, 5.41) is 0.476. The molecular weight excluding hydrogens is 346 g/mol. The van der Waals surface area contributed by atoms with Crippen LogP contribution < -0.4 is 10.3 Å². The zero-order valence-corrected chi connectivity index (χ0v) is 14.9. The van der Waals surface area contributed by atoms with Crippen molar-refractivity contribution in [3.05, 3.63) is 64.3 Å². The number of morpholine rings is 1. The first-order chi connectivity index (χ1) is 13.2. The first kappa shape index (κ1) is 17.3. The lowest BCUT2D eigenvalue weighted by atomic mass is 9.98. The molecule has 2 aromatic carbocycles. The minimum Gasteiger partial charge on any atom is -0.465 e. The van der Waals surface area contributed by atoms with Crippen LogP contribution in [0, 0.1) is 0 Å². The molecule has 6 heteroatoms. The fraction of sp³-hybridized carbons (Fsp3) is 0.238. The molecule has 2 heterocycles. The molecule has 3 aromatic rings. The van der Waals surface area contributed by atoms with Crippen LogP contribution in [0.5, 0.6) is 0 Å². The topological polar surface area (TPSA) is 69.0 Å². The minimum absolute atomic E-state index is 0.116. The highest BCUT2D eigenvalue weighted by atomic mass is 16.5. The number of hydrogen-bond donors (Lipinski definition) is 0. The Hall–Kier alpha value is -3.12. The maximum Gasteiger partial charge on any atom is 0.338 e. The zero-order valence-electron chi connectivity index (χ0n) is 14.9. The van der Waals surface area contributed by atoms with E-state index in [4.69, 9.17) is 13.9 Å². The quantitative estimate of drug-likeness (QED) is 0.665. The van der Waals surface area contributed by atoms with Gasteiger partial charge in [0.15, 0.2) is 11.3 Å². The van der Waals surface area contributed by atoms with Crippen molar-refractivity contribution in [1.82, 2.24) is 0 Å². The van der Waals surface area contributed by atoms with Crippen molar-refractivity contribution in [1.29, 1.82) is 0 Å².